The number of nitrogens with zero attached hydrogens (tertiary/aromatic N) is 1. The molecule has 2 aliphatic heterocycles. The van der Waals surface area contributed by atoms with Crippen LogP contribution in [0.15, 0.2) is 23.9 Å². The Morgan fingerprint density at radius 1 is 0.647 bits per heavy atom. The lowest BCUT2D eigenvalue weighted by atomic mass is 10.1. The van der Waals surface area contributed by atoms with E-state index in [2.05, 4.69) is 20.8 Å². The third-order valence-electron chi connectivity index (χ3n) is 9.75. The lowest BCUT2D eigenvalue weighted by Crippen LogP contribution is -2.47. The van der Waals surface area contributed by atoms with E-state index in [1.165, 1.54) is 64.2 Å². The first kappa shape index (κ1) is 44.3. The largest absolute Gasteiger partial charge is 0.463 e. The topological polar surface area (TPSA) is 134 Å². The molecule has 0 aromatic carbocycles. The number of rotatable bonds is 30. The normalized spacial score (nSPS) is 19.9. The number of carbonyl (C=O) groups excluding carboxylic acids is 4. The summed E-state index contributed by atoms with van der Waals surface area (Å²) in [6, 6.07) is 0. The van der Waals surface area contributed by atoms with Gasteiger partial charge in [0, 0.05) is 31.0 Å². The first-order valence-corrected chi connectivity index (χ1v) is 20.4. The van der Waals surface area contributed by atoms with E-state index >= 15 is 0 Å². The van der Waals surface area contributed by atoms with Gasteiger partial charge in [0.05, 0.1) is 6.54 Å². The van der Waals surface area contributed by atoms with Gasteiger partial charge in [0.1, 0.15) is 12.7 Å². The number of carbonyl (C=O) groups is 4. The first-order valence-electron chi connectivity index (χ1n) is 20.4. The predicted molar refractivity (Wildman–Crippen MR) is 200 cm³/mol. The summed E-state index contributed by atoms with van der Waals surface area (Å²) in [5.74, 6) is -1.72. The van der Waals surface area contributed by atoms with Gasteiger partial charge in [0.25, 0.3) is 0 Å². The number of hydrogen-bond donors (Lipinski definition) is 1. The van der Waals surface area contributed by atoms with Crippen molar-refractivity contribution in [1.82, 2.24) is 4.90 Å². The number of amides is 1. The molecule has 10 nitrogen and oxygen atoms in total. The Hall–Kier alpha value is -2.88. The highest BCUT2D eigenvalue weighted by molar-refractivity contribution is 5.92. The van der Waals surface area contributed by atoms with E-state index in [0.29, 0.717) is 24.8 Å². The zero-order valence-corrected chi connectivity index (χ0v) is 32.2. The van der Waals surface area contributed by atoms with Crippen LogP contribution in [0, 0.1) is 0 Å². The van der Waals surface area contributed by atoms with Crippen LogP contribution in [0.2, 0.25) is 0 Å². The third-order valence-corrected chi connectivity index (χ3v) is 9.75. The number of primary amides is 1. The summed E-state index contributed by atoms with van der Waals surface area (Å²) in [5.41, 5.74) is 5.97. The minimum Gasteiger partial charge on any atom is -0.463 e. The molecule has 0 aromatic rings. The van der Waals surface area contributed by atoms with Crippen molar-refractivity contribution < 1.29 is 38.1 Å². The zero-order valence-electron chi connectivity index (χ0n) is 32.2. The fourth-order valence-corrected chi connectivity index (χ4v) is 6.63. The lowest BCUT2D eigenvalue weighted by Gasteiger charge is -2.33. The van der Waals surface area contributed by atoms with Crippen molar-refractivity contribution in [2.75, 3.05) is 13.2 Å². The molecule has 0 unspecified atom stereocenters. The molecule has 0 radical (unpaired) electrons. The standard InChI is InChI=1S/C41H70N2O8/c1-4-7-10-13-16-19-22-27-35(44)48-32-34-38(50-36(45)28-23-20-17-14-11-8-5-2)39(51-37(46)29-24-21-18-15-12-9-6-3)41(49-34)43-30-25-26-33(31-43)40(42)47/h25-26,30,34,38-39,41H,4-24,27-29,31-32H2,1-3H3,(H2,42,47)/t34-,38+,39-,41-/m1/s1. The van der Waals surface area contributed by atoms with Crippen molar-refractivity contribution in [2.45, 2.75) is 199 Å². The van der Waals surface area contributed by atoms with Gasteiger partial charge in [0.15, 0.2) is 18.4 Å². The summed E-state index contributed by atoms with van der Waals surface area (Å²) < 4.78 is 24.2. The molecule has 0 spiro atoms. The monoisotopic (exact) mass is 719 g/mol. The van der Waals surface area contributed by atoms with Gasteiger partial charge < -0.3 is 29.6 Å². The quantitative estimate of drug-likeness (QED) is 0.0439. The molecule has 1 amide bonds. The van der Waals surface area contributed by atoms with Crippen molar-refractivity contribution in [3.8, 4) is 0 Å². The summed E-state index contributed by atoms with van der Waals surface area (Å²) >= 11 is 0. The third kappa shape index (κ3) is 19.0. The lowest BCUT2D eigenvalue weighted by molar-refractivity contribution is -0.170. The van der Waals surface area contributed by atoms with Crippen LogP contribution in [0.3, 0.4) is 0 Å². The van der Waals surface area contributed by atoms with Gasteiger partial charge >= 0.3 is 17.9 Å². The Morgan fingerprint density at radius 3 is 1.55 bits per heavy atom. The Balaban J connectivity index is 2.12. The van der Waals surface area contributed by atoms with Crippen molar-refractivity contribution in [3.63, 3.8) is 0 Å². The molecule has 0 saturated carbocycles. The number of esters is 3. The molecular formula is C41H70N2O8. The molecule has 2 aliphatic rings. The maximum absolute atomic E-state index is 13.3. The molecule has 292 valence electrons. The molecule has 1 fully saturated rings. The average Bonchev–Trinajstić information content (AvgIpc) is 3.45. The molecule has 10 heteroatoms. The SMILES string of the molecule is CCCCCCCCCC(=O)OC[C@H]1O[C@@H](N2C=CC=C(C(N)=O)C2)[C@H](OC(=O)CCCCCCCCC)[C@H]1OC(=O)CCCCCCCCC. The van der Waals surface area contributed by atoms with Gasteiger partial charge in [-0.3, -0.25) is 19.2 Å². The van der Waals surface area contributed by atoms with Gasteiger partial charge in [0.2, 0.25) is 5.91 Å². The van der Waals surface area contributed by atoms with Crippen LogP contribution in [-0.4, -0.2) is 66.4 Å². The highest BCUT2D eigenvalue weighted by Crippen LogP contribution is 2.32. The number of allylic oxidation sites excluding steroid dienone is 2. The number of unbranched alkanes of at least 4 members (excludes halogenated alkanes) is 18. The second kappa shape index (κ2) is 27.7. The Kier molecular flexibility index (Phi) is 24.1. The summed E-state index contributed by atoms with van der Waals surface area (Å²) in [7, 11) is 0. The van der Waals surface area contributed by atoms with Gasteiger partial charge in [-0.05, 0) is 25.3 Å². The van der Waals surface area contributed by atoms with Crippen LogP contribution in [-0.2, 0) is 38.1 Å². The molecule has 2 heterocycles. The van der Waals surface area contributed by atoms with E-state index < -0.39 is 42.4 Å². The predicted octanol–water partition coefficient (Wildman–Crippen LogP) is 8.74. The van der Waals surface area contributed by atoms with Gasteiger partial charge in [-0.1, -0.05) is 142 Å². The highest BCUT2D eigenvalue weighted by atomic mass is 16.7. The maximum atomic E-state index is 13.3. The van der Waals surface area contributed by atoms with E-state index in [0.717, 1.165) is 57.8 Å². The molecule has 1 saturated heterocycles. The fourth-order valence-electron chi connectivity index (χ4n) is 6.63. The Labute approximate surface area is 308 Å². The maximum Gasteiger partial charge on any atom is 0.306 e. The van der Waals surface area contributed by atoms with Crippen molar-refractivity contribution in [2.24, 2.45) is 5.73 Å². The van der Waals surface area contributed by atoms with Gasteiger partial charge in [-0.15, -0.1) is 0 Å². The van der Waals surface area contributed by atoms with E-state index in [1.54, 1.807) is 23.3 Å². The highest BCUT2D eigenvalue weighted by Gasteiger charge is 2.52. The number of ether oxygens (including phenoxy) is 4. The zero-order chi connectivity index (χ0) is 37.1. The molecule has 0 aliphatic carbocycles. The van der Waals surface area contributed by atoms with Crippen LogP contribution in [0.5, 0.6) is 0 Å². The molecule has 4 atom stereocenters. The second-order valence-electron chi connectivity index (χ2n) is 14.3. The van der Waals surface area contributed by atoms with E-state index in [1.807, 2.05) is 0 Å². The Bertz CT molecular complexity index is 1060. The minimum atomic E-state index is -0.997. The smallest absolute Gasteiger partial charge is 0.306 e. The summed E-state index contributed by atoms with van der Waals surface area (Å²) in [6.45, 7) is 6.55. The van der Waals surface area contributed by atoms with E-state index in [-0.39, 0.29) is 32.0 Å². The number of hydrogen-bond acceptors (Lipinski definition) is 9. The first-order chi connectivity index (χ1) is 24.8. The van der Waals surface area contributed by atoms with Gasteiger partial charge in [-0.25, -0.2) is 0 Å². The summed E-state index contributed by atoms with van der Waals surface area (Å²) in [5, 5.41) is 0. The molecular weight excluding hydrogens is 648 g/mol. The molecule has 0 aromatic heterocycles. The van der Waals surface area contributed by atoms with Crippen molar-refractivity contribution in [3.05, 3.63) is 23.9 Å². The summed E-state index contributed by atoms with van der Waals surface area (Å²) in [6.07, 6.45) is 24.6. The van der Waals surface area contributed by atoms with E-state index in [9.17, 15) is 19.2 Å². The molecule has 51 heavy (non-hydrogen) atoms. The second-order valence-corrected chi connectivity index (χ2v) is 14.3. The van der Waals surface area contributed by atoms with Crippen molar-refractivity contribution >= 4 is 23.8 Å². The van der Waals surface area contributed by atoms with Crippen LogP contribution < -0.4 is 5.73 Å². The van der Waals surface area contributed by atoms with E-state index in [4.69, 9.17) is 24.7 Å². The summed E-state index contributed by atoms with van der Waals surface area (Å²) in [4.78, 5) is 53.1. The fraction of sp³-hybridized carbons (Fsp3) is 0.805. The minimum absolute atomic E-state index is 0.131. The van der Waals surface area contributed by atoms with Crippen LogP contribution in [0.1, 0.15) is 175 Å². The van der Waals surface area contributed by atoms with Gasteiger partial charge in [-0.2, -0.15) is 0 Å². The molecule has 2 N–H and O–H groups in total. The van der Waals surface area contributed by atoms with Crippen molar-refractivity contribution in [1.29, 1.82) is 0 Å². The molecule has 2 rings (SSSR count). The van der Waals surface area contributed by atoms with Crippen LogP contribution in [0.4, 0.5) is 0 Å². The molecule has 0 bridgehead atoms. The Morgan fingerprint density at radius 2 is 1.08 bits per heavy atom. The average molecular weight is 719 g/mol. The van der Waals surface area contributed by atoms with Crippen LogP contribution >= 0.6 is 0 Å². The number of nitrogens with two attached hydrogens (primary N) is 1. The van der Waals surface area contributed by atoms with Crippen LogP contribution in [0.25, 0.3) is 0 Å².